The van der Waals surface area contributed by atoms with E-state index in [1.807, 2.05) is 60.7 Å². The number of aryl methyl sites for hydroxylation is 1. The molecule has 3 nitrogen and oxygen atoms in total. The van der Waals surface area contributed by atoms with Gasteiger partial charge in [0.05, 0.1) is 5.56 Å². The van der Waals surface area contributed by atoms with E-state index in [1.165, 1.54) is 12.1 Å². The average molecular weight is 447 g/mol. The van der Waals surface area contributed by atoms with Crippen molar-refractivity contribution in [1.82, 2.24) is 4.98 Å². The number of carbonyl (C=O) groups is 1. The maximum Gasteiger partial charge on any atom is 0.416 e. The number of aromatic carboxylic acids is 1. The summed E-state index contributed by atoms with van der Waals surface area (Å²) in [5.74, 6) is -1.25. The molecule has 0 fully saturated rings. The molecule has 0 aliphatic rings. The third kappa shape index (κ3) is 4.80. The minimum atomic E-state index is -4.37. The van der Waals surface area contributed by atoms with Crippen LogP contribution in [0.15, 0.2) is 91.1 Å². The van der Waals surface area contributed by atoms with E-state index in [1.54, 1.807) is 13.1 Å². The molecular weight excluding hydrogens is 427 g/mol. The lowest BCUT2D eigenvalue weighted by molar-refractivity contribution is -0.137. The number of carboxylic acids is 1. The predicted octanol–water partition coefficient (Wildman–Crippen LogP) is 6.95. The number of aromatic nitrogens is 1. The normalized spacial score (nSPS) is 12.4. The second-order valence-electron chi connectivity index (χ2n) is 7.78. The third-order valence-corrected chi connectivity index (χ3v) is 5.56. The molecule has 166 valence electrons. The summed E-state index contributed by atoms with van der Waals surface area (Å²) in [4.78, 5) is 15.5. The Morgan fingerprint density at radius 3 is 1.88 bits per heavy atom. The first-order valence-electron chi connectivity index (χ1n) is 10.3. The number of hydrogen-bond donors (Lipinski definition) is 1. The van der Waals surface area contributed by atoms with Gasteiger partial charge in [0.1, 0.15) is 0 Å². The van der Waals surface area contributed by atoms with Crippen LogP contribution in [0.5, 0.6) is 0 Å². The minimum Gasteiger partial charge on any atom is -0.477 e. The van der Waals surface area contributed by atoms with Crippen molar-refractivity contribution >= 4 is 5.97 Å². The molecule has 1 aromatic heterocycles. The fourth-order valence-corrected chi connectivity index (χ4v) is 3.92. The lowest BCUT2D eigenvalue weighted by atomic mass is 9.84. The van der Waals surface area contributed by atoms with Crippen molar-refractivity contribution in [2.24, 2.45) is 0 Å². The molecule has 33 heavy (non-hydrogen) atoms. The van der Waals surface area contributed by atoms with Crippen molar-refractivity contribution in [2.75, 3.05) is 0 Å². The van der Waals surface area contributed by atoms with Gasteiger partial charge in [0, 0.05) is 12.1 Å². The molecule has 1 heterocycles. The standard InChI is InChI=1S/C27H20F3NO2/c1-17-15-22(16-31-25(17)26(32)33)24(20-5-3-2-4-6-20)21-9-7-18(8-10-21)19-11-13-23(14-12-19)27(28,29)30/h2-16,24H,1H3,(H,32,33). The summed E-state index contributed by atoms with van der Waals surface area (Å²) in [6.07, 6.45) is -2.79. The van der Waals surface area contributed by atoms with Crippen LogP contribution in [0.25, 0.3) is 11.1 Å². The zero-order valence-corrected chi connectivity index (χ0v) is 17.7. The van der Waals surface area contributed by atoms with Gasteiger partial charge in [-0.2, -0.15) is 13.2 Å². The van der Waals surface area contributed by atoms with Crippen molar-refractivity contribution in [3.8, 4) is 11.1 Å². The lowest BCUT2D eigenvalue weighted by Gasteiger charge is -2.20. The molecule has 6 heteroatoms. The van der Waals surface area contributed by atoms with Crippen LogP contribution in [0.4, 0.5) is 13.2 Å². The van der Waals surface area contributed by atoms with E-state index in [4.69, 9.17) is 0 Å². The van der Waals surface area contributed by atoms with Gasteiger partial charge < -0.3 is 5.11 Å². The van der Waals surface area contributed by atoms with E-state index in [0.717, 1.165) is 34.4 Å². The first-order valence-corrected chi connectivity index (χ1v) is 10.3. The van der Waals surface area contributed by atoms with Crippen molar-refractivity contribution in [1.29, 1.82) is 0 Å². The number of alkyl halides is 3. The molecule has 4 rings (SSSR count). The predicted molar refractivity (Wildman–Crippen MR) is 120 cm³/mol. The first-order chi connectivity index (χ1) is 15.7. The van der Waals surface area contributed by atoms with Gasteiger partial charge in [0.25, 0.3) is 0 Å². The van der Waals surface area contributed by atoms with Crippen LogP contribution in [0.1, 0.15) is 44.2 Å². The molecule has 0 bridgehead atoms. The highest BCUT2D eigenvalue weighted by atomic mass is 19.4. The molecule has 1 atom stereocenters. The Morgan fingerprint density at radius 2 is 1.36 bits per heavy atom. The number of carboxylic acid groups (broad SMARTS) is 1. The number of pyridine rings is 1. The molecule has 0 radical (unpaired) electrons. The smallest absolute Gasteiger partial charge is 0.416 e. The van der Waals surface area contributed by atoms with E-state index in [-0.39, 0.29) is 11.6 Å². The number of nitrogens with zero attached hydrogens (tertiary/aromatic N) is 1. The second kappa shape index (κ2) is 8.90. The summed E-state index contributed by atoms with van der Waals surface area (Å²) in [5, 5.41) is 9.30. The molecular formula is C27H20F3NO2. The molecule has 4 aromatic rings. The molecule has 0 saturated carbocycles. The summed E-state index contributed by atoms with van der Waals surface area (Å²) in [6.45, 7) is 1.72. The largest absolute Gasteiger partial charge is 0.477 e. The molecule has 0 amide bonds. The van der Waals surface area contributed by atoms with E-state index in [0.29, 0.717) is 11.1 Å². The van der Waals surface area contributed by atoms with E-state index >= 15 is 0 Å². The quantitative estimate of drug-likeness (QED) is 0.360. The van der Waals surface area contributed by atoms with Crippen molar-refractivity contribution in [3.05, 3.63) is 125 Å². The van der Waals surface area contributed by atoms with E-state index in [2.05, 4.69) is 4.98 Å². The van der Waals surface area contributed by atoms with Crippen molar-refractivity contribution in [2.45, 2.75) is 19.0 Å². The van der Waals surface area contributed by atoms with Crippen LogP contribution >= 0.6 is 0 Å². The molecule has 0 spiro atoms. The van der Waals surface area contributed by atoms with Gasteiger partial charge in [-0.3, -0.25) is 0 Å². The Morgan fingerprint density at radius 1 is 0.818 bits per heavy atom. The van der Waals surface area contributed by atoms with Gasteiger partial charge in [-0.15, -0.1) is 0 Å². The molecule has 1 unspecified atom stereocenters. The summed E-state index contributed by atoms with van der Waals surface area (Å²) < 4.78 is 38.5. The number of halogens is 3. The van der Waals surface area contributed by atoms with Gasteiger partial charge in [0.15, 0.2) is 5.69 Å². The average Bonchev–Trinajstić information content (AvgIpc) is 2.80. The number of rotatable bonds is 5. The van der Waals surface area contributed by atoms with Crippen molar-refractivity contribution in [3.63, 3.8) is 0 Å². The van der Waals surface area contributed by atoms with Gasteiger partial charge in [-0.05, 0) is 52.4 Å². The Kier molecular flexibility index (Phi) is 6.01. The first kappa shape index (κ1) is 22.3. The fraction of sp³-hybridized carbons (Fsp3) is 0.111. The Bertz CT molecular complexity index is 1270. The van der Waals surface area contributed by atoms with Crippen LogP contribution in [0, 0.1) is 6.92 Å². The summed E-state index contributed by atoms with van der Waals surface area (Å²) >= 11 is 0. The monoisotopic (exact) mass is 447 g/mol. The summed E-state index contributed by atoms with van der Waals surface area (Å²) in [6, 6.07) is 24.3. The maximum atomic E-state index is 12.8. The van der Waals surface area contributed by atoms with Crippen molar-refractivity contribution < 1.29 is 23.1 Å². The van der Waals surface area contributed by atoms with Crippen LogP contribution in [0.3, 0.4) is 0 Å². The Balaban J connectivity index is 1.72. The minimum absolute atomic E-state index is 0.0169. The van der Waals surface area contributed by atoms with Crippen LogP contribution in [0.2, 0.25) is 0 Å². The van der Waals surface area contributed by atoms with Crippen LogP contribution < -0.4 is 0 Å². The zero-order chi connectivity index (χ0) is 23.6. The van der Waals surface area contributed by atoms with Gasteiger partial charge >= 0.3 is 12.1 Å². The maximum absolute atomic E-state index is 12.8. The van der Waals surface area contributed by atoms with Gasteiger partial charge in [-0.1, -0.05) is 72.8 Å². The molecule has 3 aromatic carbocycles. The summed E-state index contributed by atoms with van der Waals surface area (Å²) in [5.41, 5.74) is 4.23. The molecule has 0 aliphatic carbocycles. The van der Waals surface area contributed by atoms with E-state index in [9.17, 15) is 23.1 Å². The van der Waals surface area contributed by atoms with Gasteiger partial charge in [0.2, 0.25) is 0 Å². The third-order valence-electron chi connectivity index (χ3n) is 5.56. The van der Waals surface area contributed by atoms with Crippen LogP contribution in [-0.4, -0.2) is 16.1 Å². The highest BCUT2D eigenvalue weighted by molar-refractivity contribution is 5.87. The molecule has 0 saturated heterocycles. The Labute approximate surface area is 189 Å². The second-order valence-corrected chi connectivity index (χ2v) is 7.78. The molecule has 0 aliphatic heterocycles. The van der Waals surface area contributed by atoms with Crippen LogP contribution in [-0.2, 0) is 6.18 Å². The Hall–Kier alpha value is -3.93. The van der Waals surface area contributed by atoms with Gasteiger partial charge in [-0.25, -0.2) is 9.78 Å². The summed E-state index contributed by atoms with van der Waals surface area (Å²) in [7, 11) is 0. The SMILES string of the molecule is Cc1cc(C(c2ccccc2)c2ccc(-c3ccc(C(F)(F)F)cc3)cc2)cnc1C(=O)O. The lowest BCUT2D eigenvalue weighted by Crippen LogP contribution is -2.08. The topological polar surface area (TPSA) is 50.2 Å². The highest BCUT2D eigenvalue weighted by Gasteiger charge is 2.30. The molecule has 1 N–H and O–H groups in total. The number of hydrogen-bond acceptors (Lipinski definition) is 2. The highest BCUT2D eigenvalue weighted by Crippen LogP contribution is 2.34. The fourth-order valence-electron chi connectivity index (χ4n) is 3.92. The van der Waals surface area contributed by atoms with E-state index < -0.39 is 17.7 Å². The number of benzene rings is 3. The zero-order valence-electron chi connectivity index (χ0n) is 17.7.